The molecule has 3 rings (SSSR count). The van der Waals surface area contributed by atoms with Gasteiger partial charge in [0.25, 0.3) is 0 Å². The Bertz CT molecular complexity index is 638. The van der Waals surface area contributed by atoms with Gasteiger partial charge in [-0.2, -0.15) is 0 Å². The van der Waals surface area contributed by atoms with Crippen molar-refractivity contribution >= 4 is 34.6 Å². The molecule has 3 nitrogen and oxygen atoms in total. The lowest BCUT2D eigenvalue weighted by atomic mass is 10.0. The van der Waals surface area contributed by atoms with Gasteiger partial charge >= 0.3 is 0 Å². The van der Waals surface area contributed by atoms with Gasteiger partial charge in [0.1, 0.15) is 5.75 Å². The molecule has 1 saturated heterocycles. The van der Waals surface area contributed by atoms with Crippen molar-refractivity contribution in [2.45, 2.75) is 18.9 Å². The topological polar surface area (TPSA) is 35.5 Å². The van der Waals surface area contributed by atoms with E-state index in [0.29, 0.717) is 21.8 Å². The van der Waals surface area contributed by atoms with Crippen LogP contribution in [0, 0.1) is 0 Å². The zero-order chi connectivity index (χ0) is 15.5. The lowest BCUT2D eigenvalue weighted by molar-refractivity contribution is 0.475. The van der Waals surface area contributed by atoms with Gasteiger partial charge < -0.3 is 15.3 Å². The van der Waals surface area contributed by atoms with Gasteiger partial charge in [-0.25, -0.2) is 0 Å². The highest BCUT2D eigenvalue weighted by Crippen LogP contribution is 2.31. The lowest BCUT2D eigenvalue weighted by Gasteiger charge is -2.34. The minimum absolute atomic E-state index is 0.302. The van der Waals surface area contributed by atoms with E-state index in [0.717, 1.165) is 37.3 Å². The monoisotopic (exact) mass is 336 g/mol. The summed E-state index contributed by atoms with van der Waals surface area (Å²) in [5.74, 6) is 0.302. The van der Waals surface area contributed by atoms with E-state index in [2.05, 4.69) is 10.2 Å². The number of piperidine rings is 1. The number of aromatic hydroxyl groups is 1. The number of rotatable bonds is 3. The molecule has 1 aliphatic rings. The molecule has 0 bridgehead atoms. The van der Waals surface area contributed by atoms with Crippen LogP contribution in [-0.4, -0.2) is 24.2 Å². The molecule has 0 spiro atoms. The molecule has 0 radical (unpaired) electrons. The smallest absolute Gasteiger partial charge is 0.115 e. The minimum atomic E-state index is 0.302. The summed E-state index contributed by atoms with van der Waals surface area (Å²) in [5.41, 5.74) is 2.05. The van der Waals surface area contributed by atoms with Gasteiger partial charge in [-0.1, -0.05) is 29.3 Å². The normalized spacial score (nSPS) is 15.8. The Balaban J connectivity index is 1.60. The number of nitrogens with zero attached hydrogens (tertiary/aromatic N) is 1. The molecule has 0 atom stereocenters. The van der Waals surface area contributed by atoms with Gasteiger partial charge in [0.2, 0.25) is 0 Å². The highest BCUT2D eigenvalue weighted by molar-refractivity contribution is 6.43. The summed E-state index contributed by atoms with van der Waals surface area (Å²) in [6.07, 6.45) is 2.06. The van der Waals surface area contributed by atoms with Gasteiger partial charge in [-0.15, -0.1) is 0 Å². The molecule has 2 aromatic rings. The summed E-state index contributed by atoms with van der Waals surface area (Å²) < 4.78 is 0. The first-order chi connectivity index (χ1) is 10.6. The van der Waals surface area contributed by atoms with Crippen molar-refractivity contribution in [2.24, 2.45) is 0 Å². The summed E-state index contributed by atoms with van der Waals surface area (Å²) in [4.78, 5) is 2.33. The number of nitrogens with one attached hydrogen (secondary N) is 1. The first-order valence-corrected chi connectivity index (χ1v) is 8.13. The molecule has 0 saturated carbocycles. The number of phenols is 1. The molecule has 2 N–H and O–H groups in total. The number of anilines is 2. The predicted octanol–water partition coefficient (Wildman–Crippen LogP) is 4.78. The van der Waals surface area contributed by atoms with Crippen molar-refractivity contribution in [2.75, 3.05) is 23.3 Å². The fourth-order valence-electron chi connectivity index (χ4n) is 2.78. The molecular formula is C17H18Cl2N2O. The van der Waals surface area contributed by atoms with Crippen LogP contribution < -0.4 is 10.2 Å². The Hall–Kier alpha value is -1.58. The number of hydrogen-bond donors (Lipinski definition) is 2. The molecule has 0 aliphatic carbocycles. The summed E-state index contributed by atoms with van der Waals surface area (Å²) in [7, 11) is 0. The van der Waals surface area contributed by atoms with Crippen molar-refractivity contribution in [1.82, 2.24) is 0 Å². The third kappa shape index (κ3) is 3.42. The first-order valence-electron chi connectivity index (χ1n) is 7.38. The largest absolute Gasteiger partial charge is 0.508 e. The Morgan fingerprint density at radius 3 is 2.36 bits per heavy atom. The van der Waals surface area contributed by atoms with E-state index in [1.165, 1.54) is 0 Å². The van der Waals surface area contributed by atoms with Gasteiger partial charge in [-0.3, -0.25) is 0 Å². The summed E-state index contributed by atoms with van der Waals surface area (Å²) in [6.45, 7) is 1.95. The van der Waals surface area contributed by atoms with Crippen LogP contribution in [0.1, 0.15) is 12.8 Å². The average molecular weight is 337 g/mol. The zero-order valence-electron chi connectivity index (χ0n) is 12.1. The van der Waals surface area contributed by atoms with Gasteiger partial charge in [0.15, 0.2) is 0 Å². The molecule has 0 unspecified atom stereocenters. The van der Waals surface area contributed by atoms with Crippen LogP contribution >= 0.6 is 23.2 Å². The molecule has 0 aromatic heterocycles. The first kappa shape index (κ1) is 15.3. The molecule has 0 amide bonds. The van der Waals surface area contributed by atoms with Crippen molar-refractivity contribution in [3.05, 3.63) is 52.5 Å². The van der Waals surface area contributed by atoms with Crippen molar-refractivity contribution in [3.63, 3.8) is 0 Å². The van der Waals surface area contributed by atoms with E-state index in [9.17, 15) is 5.11 Å². The molecule has 5 heteroatoms. The van der Waals surface area contributed by atoms with Crippen molar-refractivity contribution in [3.8, 4) is 5.75 Å². The molecule has 116 valence electrons. The molecule has 1 aliphatic heterocycles. The highest BCUT2D eigenvalue weighted by Gasteiger charge is 2.20. The summed E-state index contributed by atoms with van der Waals surface area (Å²) in [6, 6.07) is 13.4. The fourth-order valence-corrected chi connectivity index (χ4v) is 3.14. The van der Waals surface area contributed by atoms with Crippen molar-refractivity contribution in [1.29, 1.82) is 0 Å². The molecule has 22 heavy (non-hydrogen) atoms. The second-order valence-corrected chi connectivity index (χ2v) is 6.31. The Kier molecular flexibility index (Phi) is 4.65. The standard InChI is InChI=1S/C17H18Cl2N2O/c18-15-2-1-3-16(17(15)19)20-12-8-10-21(11-9-12)13-4-6-14(22)7-5-13/h1-7,12,20,22H,8-11H2. The molecule has 1 heterocycles. The highest BCUT2D eigenvalue weighted by atomic mass is 35.5. The molecule has 2 aromatic carbocycles. The maximum Gasteiger partial charge on any atom is 0.115 e. The maximum atomic E-state index is 9.36. The molecular weight excluding hydrogens is 319 g/mol. The van der Waals surface area contributed by atoms with Crippen LogP contribution in [0.4, 0.5) is 11.4 Å². The van der Waals surface area contributed by atoms with E-state index >= 15 is 0 Å². The number of phenolic OH excluding ortho intramolecular Hbond substituents is 1. The number of benzene rings is 2. The summed E-state index contributed by atoms with van der Waals surface area (Å²) in [5, 5.41) is 14.0. The lowest BCUT2D eigenvalue weighted by Crippen LogP contribution is -2.39. The van der Waals surface area contributed by atoms with E-state index in [1.807, 2.05) is 24.3 Å². The predicted molar refractivity (Wildman–Crippen MR) is 93.4 cm³/mol. The Labute approximate surface area is 140 Å². The van der Waals surface area contributed by atoms with Crippen LogP contribution in [0.5, 0.6) is 5.75 Å². The van der Waals surface area contributed by atoms with Gasteiger partial charge in [0.05, 0.1) is 15.7 Å². The Morgan fingerprint density at radius 2 is 1.68 bits per heavy atom. The van der Waals surface area contributed by atoms with E-state index in [4.69, 9.17) is 23.2 Å². The van der Waals surface area contributed by atoms with Gasteiger partial charge in [-0.05, 0) is 49.2 Å². The second kappa shape index (κ2) is 6.67. The quantitative estimate of drug-likeness (QED) is 0.846. The van der Waals surface area contributed by atoms with E-state index in [-0.39, 0.29) is 0 Å². The van der Waals surface area contributed by atoms with Gasteiger partial charge in [0, 0.05) is 24.8 Å². The van der Waals surface area contributed by atoms with Crippen LogP contribution in [0.3, 0.4) is 0 Å². The zero-order valence-corrected chi connectivity index (χ0v) is 13.6. The SMILES string of the molecule is Oc1ccc(N2CCC(Nc3cccc(Cl)c3Cl)CC2)cc1. The minimum Gasteiger partial charge on any atom is -0.508 e. The number of halogens is 2. The van der Waals surface area contributed by atoms with Crippen LogP contribution in [0.2, 0.25) is 10.0 Å². The van der Waals surface area contributed by atoms with Crippen LogP contribution in [0.15, 0.2) is 42.5 Å². The van der Waals surface area contributed by atoms with E-state index < -0.39 is 0 Å². The third-order valence-electron chi connectivity index (χ3n) is 4.02. The van der Waals surface area contributed by atoms with Crippen molar-refractivity contribution < 1.29 is 5.11 Å². The molecule has 1 fully saturated rings. The Morgan fingerprint density at radius 1 is 1.00 bits per heavy atom. The van der Waals surface area contributed by atoms with Crippen LogP contribution in [-0.2, 0) is 0 Å². The average Bonchev–Trinajstić information content (AvgIpc) is 2.53. The van der Waals surface area contributed by atoms with Crippen LogP contribution in [0.25, 0.3) is 0 Å². The summed E-state index contributed by atoms with van der Waals surface area (Å²) >= 11 is 12.3. The van der Waals surface area contributed by atoms with E-state index in [1.54, 1.807) is 18.2 Å². The fraction of sp³-hybridized carbons (Fsp3) is 0.294. The maximum absolute atomic E-state index is 9.36. The number of hydrogen-bond acceptors (Lipinski definition) is 3. The third-order valence-corrected chi connectivity index (χ3v) is 4.84. The second-order valence-electron chi connectivity index (χ2n) is 5.52.